The predicted octanol–water partition coefficient (Wildman–Crippen LogP) is 4.77. The molecule has 1 aliphatic heterocycles. The zero-order valence-electron chi connectivity index (χ0n) is 14.6. The van der Waals surface area contributed by atoms with E-state index in [1.165, 1.54) is 24.3 Å². The van der Waals surface area contributed by atoms with Gasteiger partial charge in [-0.25, -0.2) is 4.79 Å². The maximum atomic E-state index is 11.4. The molecular weight excluding hydrogens is 330 g/mol. The van der Waals surface area contributed by atoms with Crippen molar-refractivity contribution in [2.75, 3.05) is 18.1 Å². The Bertz CT molecular complexity index is 711. The highest BCUT2D eigenvalue weighted by atomic mass is 32.2. The minimum absolute atomic E-state index is 0.366. The molecule has 3 rings (SSSR count). The van der Waals surface area contributed by atoms with E-state index in [4.69, 9.17) is 0 Å². The Labute approximate surface area is 154 Å². The Morgan fingerprint density at radius 2 is 1.88 bits per heavy atom. The third-order valence-corrected chi connectivity index (χ3v) is 5.97. The second-order valence-electron chi connectivity index (χ2n) is 6.45. The largest absolute Gasteiger partial charge is 0.478 e. The summed E-state index contributed by atoms with van der Waals surface area (Å²) in [6.07, 6.45) is 2.44. The van der Waals surface area contributed by atoms with Crippen molar-refractivity contribution in [3.8, 4) is 11.1 Å². The molecule has 0 saturated carbocycles. The molecule has 1 heterocycles. The Morgan fingerprint density at radius 1 is 1.16 bits per heavy atom. The van der Waals surface area contributed by atoms with Gasteiger partial charge in [0, 0.05) is 12.6 Å². The predicted molar refractivity (Wildman–Crippen MR) is 105 cm³/mol. The van der Waals surface area contributed by atoms with Gasteiger partial charge in [-0.2, -0.15) is 11.8 Å². The van der Waals surface area contributed by atoms with Crippen molar-refractivity contribution < 1.29 is 9.90 Å². The van der Waals surface area contributed by atoms with Gasteiger partial charge in [0.15, 0.2) is 0 Å². The van der Waals surface area contributed by atoms with Gasteiger partial charge in [0.2, 0.25) is 0 Å². The molecule has 0 unspecified atom stereocenters. The van der Waals surface area contributed by atoms with Crippen molar-refractivity contribution in [1.29, 1.82) is 0 Å². The van der Waals surface area contributed by atoms with E-state index in [0.29, 0.717) is 11.6 Å². The van der Waals surface area contributed by atoms with E-state index in [0.717, 1.165) is 29.8 Å². The number of nitrogens with zero attached hydrogens (tertiary/aromatic N) is 1. The van der Waals surface area contributed by atoms with Crippen LogP contribution in [0.2, 0.25) is 0 Å². The Kier molecular flexibility index (Phi) is 6.16. The van der Waals surface area contributed by atoms with Gasteiger partial charge in [-0.15, -0.1) is 0 Å². The van der Waals surface area contributed by atoms with Crippen LogP contribution in [-0.2, 0) is 6.54 Å². The molecule has 0 atom stereocenters. The number of benzene rings is 2. The summed E-state index contributed by atoms with van der Waals surface area (Å²) in [6, 6.07) is 16.4. The lowest BCUT2D eigenvalue weighted by molar-refractivity contribution is 0.0696. The highest BCUT2D eigenvalue weighted by Gasteiger charge is 2.21. The third kappa shape index (κ3) is 4.44. The van der Waals surface area contributed by atoms with Crippen LogP contribution in [0.4, 0.5) is 0 Å². The molecule has 1 saturated heterocycles. The van der Waals surface area contributed by atoms with E-state index in [1.807, 2.05) is 42.1 Å². The summed E-state index contributed by atoms with van der Waals surface area (Å²) in [5.74, 6) is 1.59. The molecule has 132 valence electrons. The van der Waals surface area contributed by atoms with Gasteiger partial charge >= 0.3 is 5.97 Å². The Morgan fingerprint density at radius 3 is 2.52 bits per heavy atom. The highest BCUT2D eigenvalue weighted by Crippen LogP contribution is 2.29. The smallest absolute Gasteiger partial charge is 0.335 e. The van der Waals surface area contributed by atoms with E-state index in [9.17, 15) is 9.90 Å². The van der Waals surface area contributed by atoms with Crippen LogP contribution in [0.15, 0.2) is 48.5 Å². The van der Waals surface area contributed by atoms with E-state index >= 15 is 0 Å². The monoisotopic (exact) mass is 355 g/mol. The topological polar surface area (TPSA) is 40.5 Å². The van der Waals surface area contributed by atoms with Gasteiger partial charge in [-0.1, -0.05) is 43.3 Å². The molecule has 3 nitrogen and oxygen atoms in total. The van der Waals surface area contributed by atoms with Crippen LogP contribution in [0, 0.1) is 0 Å². The number of thioether (sulfide) groups is 1. The lowest BCUT2D eigenvalue weighted by Crippen LogP contribution is -2.37. The fourth-order valence-electron chi connectivity index (χ4n) is 3.53. The van der Waals surface area contributed by atoms with Crippen molar-refractivity contribution in [1.82, 2.24) is 4.90 Å². The van der Waals surface area contributed by atoms with Crippen LogP contribution >= 0.6 is 11.8 Å². The molecule has 4 heteroatoms. The SMILES string of the molecule is CCN(Cc1cc(C(=O)O)ccc1-c1ccccc1)C1CCSCC1. The second kappa shape index (κ2) is 8.54. The average molecular weight is 356 g/mol. The van der Waals surface area contributed by atoms with Crippen molar-refractivity contribution >= 4 is 17.7 Å². The van der Waals surface area contributed by atoms with Crippen molar-refractivity contribution in [3.63, 3.8) is 0 Å². The first-order chi connectivity index (χ1) is 12.2. The van der Waals surface area contributed by atoms with Gasteiger partial charge in [0.05, 0.1) is 5.56 Å². The summed E-state index contributed by atoms with van der Waals surface area (Å²) < 4.78 is 0. The molecule has 2 aromatic carbocycles. The van der Waals surface area contributed by atoms with Crippen molar-refractivity contribution in [2.24, 2.45) is 0 Å². The molecule has 1 aliphatic rings. The summed E-state index contributed by atoms with van der Waals surface area (Å²) in [5, 5.41) is 9.39. The molecule has 0 bridgehead atoms. The zero-order chi connectivity index (χ0) is 17.6. The summed E-state index contributed by atoms with van der Waals surface area (Å²) in [4.78, 5) is 13.9. The molecule has 0 aliphatic carbocycles. The lowest BCUT2D eigenvalue weighted by Gasteiger charge is -2.34. The lowest BCUT2D eigenvalue weighted by atomic mass is 9.96. The third-order valence-electron chi connectivity index (χ3n) is 4.92. The van der Waals surface area contributed by atoms with E-state index in [-0.39, 0.29) is 0 Å². The number of carboxylic acids is 1. The highest BCUT2D eigenvalue weighted by molar-refractivity contribution is 7.99. The van der Waals surface area contributed by atoms with Gasteiger partial charge < -0.3 is 5.11 Å². The molecule has 1 N–H and O–H groups in total. The quantitative estimate of drug-likeness (QED) is 0.810. The van der Waals surface area contributed by atoms with Crippen LogP contribution in [0.5, 0.6) is 0 Å². The molecule has 2 aromatic rings. The van der Waals surface area contributed by atoms with Gasteiger partial charge in [0.25, 0.3) is 0 Å². The van der Waals surface area contributed by atoms with Gasteiger partial charge in [0.1, 0.15) is 0 Å². The Hall–Kier alpha value is -1.78. The number of rotatable bonds is 6. The summed E-state index contributed by atoms with van der Waals surface area (Å²) in [6.45, 7) is 3.99. The molecule has 0 amide bonds. The standard InChI is InChI=1S/C21H25NO2S/c1-2-22(19-10-12-25-13-11-19)15-18-14-17(21(23)24)8-9-20(18)16-6-4-3-5-7-16/h3-9,14,19H,2,10-13,15H2,1H3,(H,23,24). The van der Waals surface area contributed by atoms with Crippen LogP contribution in [0.1, 0.15) is 35.7 Å². The number of aromatic carboxylic acids is 1. The molecule has 0 aromatic heterocycles. The fourth-order valence-corrected chi connectivity index (χ4v) is 4.61. The molecule has 1 fully saturated rings. The minimum atomic E-state index is -0.863. The fraction of sp³-hybridized carbons (Fsp3) is 0.381. The Balaban J connectivity index is 1.93. The summed E-state index contributed by atoms with van der Waals surface area (Å²) >= 11 is 2.03. The zero-order valence-corrected chi connectivity index (χ0v) is 15.5. The van der Waals surface area contributed by atoms with Gasteiger partial charge in [-0.05, 0) is 59.7 Å². The maximum Gasteiger partial charge on any atom is 0.335 e. The molecule has 25 heavy (non-hydrogen) atoms. The molecule has 0 spiro atoms. The average Bonchev–Trinajstić information content (AvgIpc) is 2.67. The first-order valence-electron chi connectivity index (χ1n) is 8.92. The van der Waals surface area contributed by atoms with Crippen LogP contribution < -0.4 is 0 Å². The second-order valence-corrected chi connectivity index (χ2v) is 7.67. The van der Waals surface area contributed by atoms with Crippen LogP contribution in [0.3, 0.4) is 0 Å². The summed E-state index contributed by atoms with van der Waals surface area (Å²) in [7, 11) is 0. The number of hydrogen-bond acceptors (Lipinski definition) is 3. The maximum absolute atomic E-state index is 11.4. The van der Waals surface area contributed by atoms with Crippen LogP contribution in [0.25, 0.3) is 11.1 Å². The number of hydrogen-bond donors (Lipinski definition) is 1. The summed E-state index contributed by atoms with van der Waals surface area (Å²) in [5.41, 5.74) is 3.75. The van der Waals surface area contributed by atoms with Crippen molar-refractivity contribution in [2.45, 2.75) is 32.4 Å². The van der Waals surface area contributed by atoms with E-state index in [2.05, 4.69) is 24.0 Å². The van der Waals surface area contributed by atoms with Crippen LogP contribution in [-0.4, -0.2) is 40.1 Å². The van der Waals surface area contributed by atoms with Crippen molar-refractivity contribution in [3.05, 3.63) is 59.7 Å². The number of carboxylic acid groups (broad SMARTS) is 1. The van der Waals surface area contributed by atoms with E-state index < -0.39 is 5.97 Å². The number of carbonyl (C=O) groups is 1. The van der Waals surface area contributed by atoms with Gasteiger partial charge in [-0.3, -0.25) is 4.90 Å². The minimum Gasteiger partial charge on any atom is -0.478 e. The first-order valence-corrected chi connectivity index (χ1v) is 10.1. The molecule has 0 radical (unpaired) electrons. The normalized spacial score (nSPS) is 15.4. The van der Waals surface area contributed by atoms with E-state index in [1.54, 1.807) is 6.07 Å². The molecular formula is C21H25NO2S. The first kappa shape index (κ1) is 18.0.